The van der Waals surface area contributed by atoms with Crippen molar-refractivity contribution in [3.05, 3.63) is 72.3 Å². The van der Waals surface area contributed by atoms with Gasteiger partial charge in [0.25, 0.3) is 0 Å². The molecule has 0 amide bonds. The summed E-state index contributed by atoms with van der Waals surface area (Å²) in [5.41, 5.74) is 2.70. The van der Waals surface area contributed by atoms with Gasteiger partial charge >= 0.3 is 0 Å². The molecule has 1 heterocycles. The minimum Gasteiger partial charge on any atom is -0.314 e. The summed E-state index contributed by atoms with van der Waals surface area (Å²) in [6.45, 7) is 10.7. The summed E-state index contributed by atoms with van der Waals surface area (Å²) < 4.78 is 0. The van der Waals surface area contributed by atoms with Crippen molar-refractivity contribution in [2.75, 3.05) is 26.2 Å². The first-order chi connectivity index (χ1) is 13.2. The Hall–Kier alpha value is -1.84. The smallest absolute Gasteiger partial charge is 0.0392 e. The van der Waals surface area contributed by atoms with E-state index in [1.165, 1.54) is 43.5 Å². The van der Waals surface area contributed by atoms with Crippen LogP contribution >= 0.6 is 24.8 Å². The first-order valence-corrected chi connectivity index (χ1v) is 9.98. The molecule has 0 aliphatic carbocycles. The van der Waals surface area contributed by atoms with Crippen molar-refractivity contribution < 1.29 is 0 Å². The van der Waals surface area contributed by atoms with Crippen molar-refractivity contribution in [3.63, 3.8) is 0 Å². The minimum atomic E-state index is 0. The maximum atomic E-state index is 4.23. The minimum absolute atomic E-state index is 0. The molecule has 0 unspecified atom stereocenters. The largest absolute Gasteiger partial charge is 0.314 e. The van der Waals surface area contributed by atoms with E-state index in [0.717, 1.165) is 32.6 Å². The van der Waals surface area contributed by atoms with Crippen LogP contribution in [0.25, 0.3) is 32.3 Å². The van der Waals surface area contributed by atoms with Crippen LogP contribution in [-0.2, 0) is 0 Å². The highest BCUT2D eigenvalue weighted by Crippen LogP contribution is 2.40. The molecule has 4 aromatic rings. The number of hydrogen-bond acceptors (Lipinski definition) is 2. The molecule has 1 saturated heterocycles. The molecule has 1 N–H and O–H groups in total. The molecule has 29 heavy (non-hydrogen) atoms. The van der Waals surface area contributed by atoms with Crippen LogP contribution in [0, 0.1) is 0 Å². The molecule has 1 fully saturated rings. The average molecular weight is 427 g/mol. The molecule has 5 rings (SSSR count). The molecule has 1 aliphatic rings. The zero-order valence-electron chi connectivity index (χ0n) is 16.8. The maximum absolute atomic E-state index is 4.23. The maximum Gasteiger partial charge on any atom is 0.0392 e. The first kappa shape index (κ1) is 21.9. The van der Waals surface area contributed by atoms with Crippen LogP contribution in [0.3, 0.4) is 0 Å². The SMILES string of the molecule is C=C(C)C[C@@H](c1ccc2ccc3cccc4ccc1c2c34)N1CCNCC1.Cl.Cl. The van der Waals surface area contributed by atoms with E-state index in [1.807, 2.05) is 0 Å². The van der Waals surface area contributed by atoms with Crippen LogP contribution in [0.2, 0.25) is 0 Å². The Bertz CT molecular complexity index is 1120. The topological polar surface area (TPSA) is 15.3 Å². The lowest BCUT2D eigenvalue weighted by Gasteiger charge is -2.36. The Labute approximate surface area is 185 Å². The fourth-order valence-corrected chi connectivity index (χ4v) is 4.81. The monoisotopic (exact) mass is 426 g/mol. The number of nitrogens with zero attached hydrogens (tertiary/aromatic N) is 1. The summed E-state index contributed by atoms with van der Waals surface area (Å²) in [6.07, 6.45) is 1.02. The Morgan fingerprint density at radius 2 is 1.48 bits per heavy atom. The van der Waals surface area contributed by atoms with E-state index in [2.05, 4.69) is 78.3 Å². The highest BCUT2D eigenvalue weighted by molar-refractivity contribution is 6.23. The molecular formula is C25H28Cl2N2. The molecule has 152 valence electrons. The summed E-state index contributed by atoms with van der Waals surface area (Å²) in [5.74, 6) is 0. The van der Waals surface area contributed by atoms with E-state index >= 15 is 0 Å². The highest BCUT2D eigenvalue weighted by atomic mass is 35.5. The molecule has 4 heteroatoms. The van der Waals surface area contributed by atoms with Gasteiger partial charge in [-0.05, 0) is 51.2 Å². The Balaban J connectivity index is 0.00000120. The van der Waals surface area contributed by atoms with Gasteiger partial charge < -0.3 is 5.32 Å². The lowest BCUT2D eigenvalue weighted by Crippen LogP contribution is -2.45. The molecule has 4 aromatic carbocycles. The van der Waals surface area contributed by atoms with Gasteiger partial charge in [-0.15, -0.1) is 31.4 Å². The second-order valence-electron chi connectivity index (χ2n) is 7.97. The number of hydrogen-bond donors (Lipinski definition) is 1. The Morgan fingerprint density at radius 1 is 0.897 bits per heavy atom. The van der Waals surface area contributed by atoms with Gasteiger partial charge in [0.1, 0.15) is 0 Å². The van der Waals surface area contributed by atoms with E-state index in [-0.39, 0.29) is 24.8 Å². The fourth-order valence-electron chi connectivity index (χ4n) is 4.81. The van der Waals surface area contributed by atoms with E-state index in [0.29, 0.717) is 6.04 Å². The first-order valence-electron chi connectivity index (χ1n) is 9.98. The van der Waals surface area contributed by atoms with E-state index in [9.17, 15) is 0 Å². The van der Waals surface area contributed by atoms with Crippen molar-refractivity contribution in [2.45, 2.75) is 19.4 Å². The van der Waals surface area contributed by atoms with Crippen molar-refractivity contribution in [1.29, 1.82) is 0 Å². The number of piperazine rings is 1. The van der Waals surface area contributed by atoms with Crippen molar-refractivity contribution >= 4 is 57.1 Å². The number of benzene rings is 4. The highest BCUT2D eigenvalue weighted by Gasteiger charge is 2.24. The molecule has 1 aliphatic heterocycles. The predicted molar refractivity (Wildman–Crippen MR) is 131 cm³/mol. The normalized spacial score (nSPS) is 15.9. The van der Waals surface area contributed by atoms with Crippen LogP contribution in [0.4, 0.5) is 0 Å². The quantitative estimate of drug-likeness (QED) is 0.302. The third-order valence-electron chi connectivity index (χ3n) is 6.06. The fraction of sp³-hybridized carbons (Fsp3) is 0.280. The zero-order valence-corrected chi connectivity index (χ0v) is 18.4. The Kier molecular flexibility index (Phi) is 6.70. The summed E-state index contributed by atoms with van der Waals surface area (Å²) in [6, 6.07) is 20.9. The number of nitrogens with one attached hydrogen (secondary N) is 1. The third-order valence-corrected chi connectivity index (χ3v) is 6.06. The van der Waals surface area contributed by atoms with E-state index < -0.39 is 0 Å². The Morgan fingerprint density at radius 3 is 2.14 bits per heavy atom. The van der Waals surface area contributed by atoms with E-state index in [4.69, 9.17) is 0 Å². The molecule has 0 saturated carbocycles. The van der Waals surface area contributed by atoms with Gasteiger partial charge in [-0.25, -0.2) is 0 Å². The van der Waals surface area contributed by atoms with Gasteiger partial charge in [-0.2, -0.15) is 0 Å². The predicted octanol–water partition coefficient (Wildman–Crippen LogP) is 6.34. The second kappa shape index (κ2) is 8.89. The molecular weight excluding hydrogens is 399 g/mol. The molecule has 1 atom stereocenters. The van der Waals surface area contributed by atoms with Crippen LogP contribution in [0.1, 0.15) is 24.9 Å². The average Bonchev–Trinajstić information content (AvgIpc) is 2.71. The molecule has 2 nitrogen and oxygen atoms in total. The van der Waals surface area contributed by atoms with E-state index in [1.54, 1.807) is 0 Å². The summed E-state index contributed by atoms with van der Waals surface area (Å²) in [7, 11) is 0. The molecule has 0 bridgehead atoms. The molecule has 0 radical (unpaired) electrons. The van der Waals surface area contributed by atoms with Crippen LogP contribution in [0.5, 0.6) is 0 Å². The summed E-state index contributed by atoms with van der Waals surface area (Å²) in [5, 5.41) is 11.7. The second-order valence-corrected chi connectivity index (χ2v) is 7.97. The third kappa shape index (κ3) is 3.83. The standard InChI is InChI=1S/C25H26N2.2ClH/c1-17(2)16-23(27-14-12-26-13-15-27)21-10-8-20-7-6-18-4-3-5-19-9-11-22(21)25(20)24(18)19;;/h3-11,23,26H,1,12-16H2,2H3;2*1H/t23-;;/m0../s1. The van der Waals surface area contributed by atoms with Gasteiger partial charge in [0, 0.05) is 32.2 Å². The van der Waals surface area contributed by atoms with Gasteiger partial charge in [-0.3, -0.25) is 4.90 Å². The summed E-state index contributed by atoms with van der Waals surface area (Å²) in [4.78, 5) is 2.64. The zero-order chi connectivity index (χ0) is 18.4. The molecule has 0 aromatic heterocycles. The van der Waals surface area contributed by atoms with Crippen molar-refractivity contribution in [3.8, 4) is 0 Å². The van der Waals surface area contributed by atoms with Gasteiger partial charge in [0.05, 0.1) is 0 Å². The van der Waals surface area contributed by atoms with Crippen LogP contribution in [-0.4, -0.2) is 31.1 Å². The summed E-state index contributed by atoms with van der Waals surface area (Å²) >= 11 is 0. The van der Waals surface area contributed by atoms with Gasteiger partial charge in [0.15, 0.2) is 0 Å². The number of rotatable bonds is 4. The van der Waals surface area contributed by atoms with Gasteiger partial charge in [-0.1, -0.05) is 60.2 Å². The van der Waals surface area contributed by atoms with Crippen LogP contribution < -0.4 is 5.32 Å². The van der Waals surface area contributed by atoms with Crippen molar-refractivity contribution in [1.82, 2.24) is 10.2 Å². The van der Waals surface area contributed by atoms with Crippen LogP contribution in [0.15, 0.2) is 66.7 Å². The number of halogens is 2. The molecule has 0 spiro atoms. The lowest BCUT2D eigenvalue weighted by molar-refractivity contribution is 0.173. The van der Waals surface area contributed by atoms with Crippen molar-refractivity contribution in [2.24, 2.45) is 0 Å². The van der Waals surface area contributed by atoms with Gasteiger partial charge in [0.2, 0.25) is 0 Å². The lowest BCUT2D eigenvalue weighted by atomic mass is 9.88.